The van der Waals surface area contributed by atoms with Crippen LogP contribution in [0.4, 0.5) is 17.6 Å². The van der Waals surface area contributed by atoms with Gasteiger partial charge in [0.2, 0.25) is 5.82 Å². The third-order valence-corrected chi connectivity index (χ3v) is 2.30. The Morgan fingerprint density at radius 2 is 1.50 bits per heavy atom. The lowest BCUT2D eigenvalue weighted by Crippen LogP contribution is -2.03. The van der Waals surface area contributed by atoms with Crippen LogP contribution < -0.4 is 4.74 Å². The average molecular weight is 256 g/mol. The average Bonchev–Trinajstić information content (AvgIpc) is 2.37. The molecule has 0 spiro atoms. The highest BCUT2D eigenvalue weighted by molar-refractivity contribution is 5.29. The lowest BCUT2D eigenvalue weighted by molar-refractivity contribution is 0.264. The molecule has 0 saturated carbocycles. The molecule has 0 radical (unpaired) electrons. The van der Waals surface area contributed by atoms with Crippen molar-refractivity contribution in [1.82, 2.24) is 0 Å². The first-order valence-corrected chi connectivity index (χ1v) is 5.09. The van der Waals surface area contributed by atoms with Crippen molar-refractivity contribution in [1.29, 1.82) is 0 Å². The van der Waals surface area contributed by atoms with Gasteiger partial charge in [0.05, 0.1) is 0 Å². The Hall–Kier alpha value is -2.04. The van der Waals surface area contributed by atoms with Crippen molar-refractivity contribution in [2.45, 2.75) is 6.61 Å². The van der Waals surface area contributed by atoms with Gasteiger partial charge in [-0.2, -0.15) is 4.39 Å². The molecule has 94 valence electrons. The molecule has 0 aliphatic rings. The van der Waals surface area contributed by atoms with Crippen LogP contribution in [-0.4, -0.2) is 0 Å². The molecular formula is C13H8F4O. The first-order chi connectivity index (χ1) is 8.59. The minimum Gasteiger partial charge on any atom is -0.483 e. The molecular weight excluding hydrogens is 248 g/mol. The summed E-state index contributed by atoms with van der Waals surface area (Å²) in [4.78, 5) is 0. The molecule has 0 N–H and O–H groups in total. The van der Waals surface area contributed by atoms with Gasteiger partial charge in [-0.1, -0.05) is 30.3 Å². The molecule has 1 nitrogen and oxygen atoms in total. The van der Waals surface area contributed by atoms with Crippen molar-refractivity contribution < 1.29 is 22.3 Å². The summed E-state index contributed by atoms with van der Waals surface area (Å²) in [5.41, 5.74) is 0.654. The Kier molecular flexibility index (Phi) is 3.50. The van der Waals surface area contributed by atoms with E-state index in [1.54, 1.807) is 30.3 Å². The molecule has 2 aromatic rings. The number of halogens is 4. The van der Waals surface area contributed by atoms with Crippen LogP contribution in [0.3, 0.4) is 0 Å². The molecule has 0 heterocycles. The molecule has 2 rings (SSSR count). The first-order valence-electron chi connectivity index (χ1n) is 5.09. The van der Waals surface area contributed by atoms with E-state index in [-0.39, 0.29) is 12.7 Å². The molecule has 0 aliphatic carbocycles. The van der Waals surface area contributed by atoms with E-state index in [2.05, 4.69) is 0 Å². The molecule has 0 fully saturated rings. The molecule has 0 bridgehead atoms. The topological polar surface area (TPSA) is 9.23 Å². The van der Waals surface area contributed by atoms with Gasteiger partial charge in [-0.15, -0.1) is 0 Å². The monoisotopic (exact) mass is 256 g/mol. The van der Waals surface area contributed by atoms with E-state index in [1.165, 1.54) is 0 Å². The van der Waals surface area contributed by atoms with Gasteiger partial charge in [-0.05, 0) is 5.56 Å². The second-order valence-corrected chi connectivity index (χ2v) is 3.57. The summed E-state index contributed by atoms with van der Waals surface area (Å²) in [6, 6.07) is 8.81. The lowest BCUT2D eigenvalue weighted by atomic mass is 10.2. The third kappa shape index (κ3) is 2.45. The summed E-state index contributed by atoms with van der Waals surface area (Å²) in [6.45, 7) is -0.139. The highest BCUT2D eigenvalue weighted by Crippen LogP contribution is 2.26. The van der Waals surface area contributed by atoms with E-state index >= 15 is 0 Å². The molecule has 0 aliphatic heterocycles. The maximum absolute atomic E-state index is 13.2. The first kappa shape index (κ1) is 12.4. The van der Waals surface area contributed by atoms with E-state index in [0.717, 1.165) is 0 Å². The van der Waals surface area contributed by atoms with Gasteiger partial charge in [0.25, 0.3) is 0 Å². The molecule has 0 saturated heterocycles. The fourth-order valence-corrected chi connectivity index (χ4v) is 1.41. The predicted molar refractivity (Wildman–Crippen MR) is 57.0 cm³/mol. The Balaban J connectivity index is 2.22. The smallest absolute Gasteiger partial charge is 0.206 e. The van der Waals surface area contributed by atoms with Crippen LogP contribution in [0.25, 0.3) is 0 Å². The number of ether oxygens (including phenoxy) is 1. The van der Waals surface area contributed by atoms with Gasteiger partial charge < -0.3 is 4.74 Å². The second kappa shape index (κ2) is 5.08. The van der Waals surface area contributed by atoms with E-state index in [9.17, 15) is 17.6 Å². The zero-order valence-electron chi connectivity index (χ0n) is 9.09. The van der Waals surface area contributed by atoms with Gasteiger partial charge in [0.1, 0.15) is 6.61 Å². The summed E-state index contributed by atoms with van der Waals surface area (Å²) in [5.74, 6) is -7.19. The van der Waals surface area contributed by atoms with Gasteiger partial charge in [-0.3, -0.25) is 0 Å². The van der Waals surface area contributed by atoms with Crippen LogP contribution in [0.5, 0.6) is 5.75 Å². The second-order valence-electron chi connectivity index (χ2n) is 3.57. The highest BCUT2D eigenvalue weighted by atomic mass is 19.2. The largest absolute Gasteiger partial charge is 0.483 e. The molecule has 18 heavy (non-hydrogen) atoms. The van der Waals surface area contributed by atoms with Crippen molar-refractivity contribution in [3.8, 4) is 5.75 Å². The van der Waals surface area contributed by atoms with Crippen LogP contribution >= 0.6 is 0 Å². The van der Waals surface area contributed by atoms with E-state index in [4.69, 9.17) is 4.74 Å². The fraction of sp³-hybridized carbons (Fsp3) is 0.0769. The quantitative estimate of drug-likeness (QED) is 0.461. The Morgan fingerprint density at radius 1 is 0.833 bits per heavy atom. The molecule has 0 amide bonds. The summed E-state index contributed by atoms with van der Waals surface area (Å²) in [6.07, 6.45) is 0. The third-order valence-electron chi connectivity index (χ3n) is 2.30. The van der Waals surface area contributed by atoms with Gasteiger partial charge >= 0.3 is 0 Å². The van der Waals surface area contributed by atoms with Crippen molar-refractivity contribution in [2.75, 3.05) is 0 Å². The van der Waals surface area contributed by atoms with E-state index in [0.29, 0.717) is 5.56 Å². The van der Waals surface area contributed by atoms with Gasteiger partial charge in [-0.25, -0.2) is 13.2 Å². The minimum absolute atomic E-state index is 0.139. The zero-order valence-corrected chi connectivity index (χ0v) is 9.09. The zero-order chi connectivity index (χ0) is 13.1. The molecule has 2 aromatic carbocycles. The summed E-state index contributed by atoms with van der Waals surface area (Å²) < 4.78 is 56.9. The maximum atomic E-state index is 13.2. The number of benzene rings is 2. The molecule has 5 heteroatoms. The standard InChI is InChI=1S/C13H8F4O/c14-9-6-10(15)13(12(17)11(9)16)18-7-8-4-2-1-3-5-8/h1-6H,7H2. The minimum atomic E-state index is -1.75. The van der Waals surface area contributed by atoms with E-state index in [1.807, 2.05) is 0 Å². The number of rotatable bonds is 3. The van der Waals surface area contributed by atoms with Gasteiger partial charge in [0, 0.05) is 6.07 Å². The summed E-state index contributed by atoms with van der Waals surface area (Å²) in [5, 5.41) is 0. The van der Waals surface area contributed by atoms with Crippen molar-refractivity contribution in [2.24, 2.45) is 0 Å². The van der Waals surface area contributed by atoms with Gasteiger partial charge in [0.15, 0.2) is 23.2 Å². The molecule has 0 atom stereocenters. The van der Waals surface area contributed by atoms with E-state index < -0.39 is 29.0 Å². The maximum Gasteiger partial charge on any atom is 0.206 e. The Bertz CT molecular complexity index is 555. The number of hydrogen-bond acceptors (Lipinski definition) is 1. The molecule has 0 aromatic heterocycles. The highest BCUT2D eigenvalue weighted by Gasteiger charge is 2.20. The summed E-state index contributed by atoms with van der Waals surface area (Å²) >= 11 is 0. The van der Waals surface area contributed by atoms with Crippen molar-refractivity contribution >= 4 is 0 Å². The van der Waals surface area contributed by atoms with Crippen LogP contribution in [0.15, 0.2) is 36.4 Å². The Labute approximate surface area is 101 Å². The summed E-state index contributed by atoms with van der Waals surface area (Å²) in [7, 11) is 0. The van der Waals surface area contributed by atoms with Crippen LogP contribution in [0.1, 0.15) is 5.56 Å². The lowest BCUT2D eigenvalue weighted by Gasteiger charge is -2.09. The van der Waals surface area contributed by atoms with Crippen molar-refractivity contribution in [3.05, 3.63) is 65.2 Å². The van der Waals surface area contributed by atoms with Crippen LogP contribution in [0.2, 0.25) is 0 Å². The molecule has 0 unspecified atom stereocenters. The Morgan fingerprint density at radius 3 is 2.17 bits per heavy atom. The van der Waals surface area contributed by atoms with Crippen LogP contribution in [0, 0.1) is 23.3 Å². The normalized spacial score (nSPS) is 10.4. The number of hydrogen-bond donors (Lipinski definition) is 0. The van der Waals surface area contributed by atoms with Crippen molar-refractivity contribution in [3.63, 3.8) is 0 Å². The SMILES string of the molecule is Fc1cc(F)c(OCc2ccccc2)c(F)c1F. The predicted octanol–water partition coefficient (Wildman–Crippen LogP) is 3.82. The van der Waals surface area contributed by atoms with Crippen LogP contribution in [-0.2, 0) is 6.61 Å². The fourth-order valence-electron chi connectivity index (χ4n) is 1.41.